The second kappa shape index (κ2) is 4.05. The summed E-state index contributed by atoms with van der Waals surface area (Å²) in [6.07, 6.45) is 4.47. The first-order valence-corrected chi connectivity index (χ1v) is 7.05. The molecule has 18 heavy (non-hydrogen) atoms. The Labute approximate surface area is 108 Å². The molecule has 1 aliphatic carbocycles. The zero-order chi connectivity index (χ0) is 12.1. The summed E-state index contributed by atoms with van der Waals surface area (Å²) in [5, 5.41) is 0. The van der Waals surface area contributed by atoms with Gasteiger partial charge in [-0.2, -0.15) is 0 Å². The molecule has 96 valence electrons. The number of hydrogen-bond acceptors (Lipinski definition) is 3. The fourth-order valence-corrected chi connectivity index (χ4v) is 3.89. The third kappa shape index (κ3) is 1.62. The Kier molecular flexibility index (Phi) is 2.47. The molecule has 0 spiro atoms. The molecule has 0 aromatic heterocycles. The van der Waals surface area contributed by atoms with E-state index in [0.29, 0.717) is 18.2 Å². The Bertz CT molecular complexity index is 450. The summed E-state index contributed by atoms with van der Waals surface area (Å²) in [6.45, 7) is 2.17. The average Bonchev–Trinajstić information content (AvgIpc) is 2.91. The highest BCUT2D eigenvalue weighted by Crippen LogP contribution is 2.43. The molecule has 4 atom stereocenters. The molecule has 4 unspecified atom stereocenters. The maximum atomic E-state index is 6.27. The molecule has 2 heterocycles. The van der Waals surface area contributed by atoms with Gasteiger partial charge in [-0.15, -0.1) is 0 Å². The van der Waals surface area contributed by atoms with E-state index in [1.165, 1.54) is 24.0 Å². The van der Waals surface area contributed by atoms with E-state index in [0.717, 1.165) is 19.5 Å². The number of nitrogens with zero attached hydrogens (tertiary/aromatic N) is 1. The van der Waals surface area contributed by atoms with Crippen molar-refractivity contribution in [3.05, 3.63) is 35.4 Å². The Balaban J connectivity index is 1.63. The van der Waals surface area contributed by atoms with Crippen LogP contribution in [0.25, 0.3) is 0 Å². The van der Waals surface area contributed by atoms with Gasteiger partial charge in [-0.25, -0.2) is 0 Å². The molecule has 2 fully saturated rings. The van der Waals surface area contributed by atoms with Gasteiger partial charge in [0.15, 0.2) is 0 Å². The summed E-state index contributed by atoms with van der Waals surface area (Å²) in [5.41, 5.74) is 9.07. The summed E-state index contributed by atoms with van der Waals surface area (Å²) in [4.78, 5) is 2.61. The van der Waals surface area contributed by atoms with Gasteiger partial charge in [0.05, 0.1) is 12.2 Å². The van der Waals surface area contributed by atoms with Crippen molar-refractivity contribution in [2.75, 3.05) is 13.1 Å². The minimum atomic E-state index is 0.215. The van der Waals surface area contributed by atoms with Crippen LogP contribution in [0.5, 0.6) is 0 Å². The van der Waals surface area contributed by atoms with E-state index in [2.05, 4.69) is 29.2 Å². The maximum absolute atomic E-state index is 6.27. The Morgan fingerprint density at radius 2 is 1.72 bits per heavy atom. The number of nitrogens with two attached hydrogens (primary N) is 1. The lowest BCUT2D eigenvalue weighted by Gasteiger charge is -2.36. The number of benzene rings is 1. The van der Waals surface area contributed by atoms with Crippen molar-refractivity contribution < 1.29 is 4.74 Å². The molecule has 2 bridgehead atoms. The molecule has 2 aliphatic heterocycles. The molecular formula is C15H20N2O. The van der Waals surface area contributed by atoms with Gasteiger partial charge in [0, 0.05) is 25.2 Å². The van der Waals surface area contributed by atoms with Gasteiger partial charge in [-0.3, -0.25) is 4.90 Å². The minimum absolute atomic E-state index is 0.215. The number of morpholine rings is 1. The van der Waals surface area contributed by atoms with Crippen LogP contribution in [-0.2, 0) is 4.74 Å². The second-order valence-corrected chi connectivity index (χ2v) is 5.90. The Morgan fingerprint density at radius 3 is 2.44 bits per heavy atom. The zero-order valence-corrected chi connectivity index (χ0v) is 10.6. The molecule has 1 aromatic rings. The lowest BCUT2D eigenvalue weighted by atomic mass is 10.1. The van der Waals surface area contributed by atoms with Crippen molar-refractivity contribution in [3.63, 3.8) is 0 Å². The minimum Gasteiger partial charge on any atom is -0.372 e. The lowest BCUT2D eigenvalue weighted by Crippen LogP contribution is -2.44. The van der Waals surface area contributed by atoms with Crippen LogP contribution in [0.4, 0.5) is 0 Å². The van der Waals surface area contributed by atoms with Gasteiger partial charge in [-0.1, -0.05) is 24.3 Å². The van der Waals surface area contributed by atoms with Gasteiger partial charge in [-0.05, 0) is 30.4 Å². The Hall–Kier alpha value is -0.900. The topological polar surface area (TPSA) is 38.5 Å². The highest BCUT2D eigenvalue weighted by Gasteiger charge is 2.40. The molecule has 1 aromatic carbocycles. The van der Waals surface area contributed by atoms with Gasteiger partial charge in [0.25, 0.3) is 0 Å². The quantitative estimate of drug-likeness (QED) is 0.821. The number of hydrogen-bond donors (Lipinski definition) is 1. The van der Waals surface area contributed by atoms with Gasteiger partial charge >= 0.3 is 0 Å². The fraction of sp³-hybridized carbons (Fsp3) is 0.600. The van der Waals surface area contributed by atoms with E-state index >= 15 is 0 Å². The normalized spacial score (nSPS) is 38.9. The standard InChI is InChI=1S/C15H20N2O/c16-14-7-15(13-4-2-1-3-12(13)14)17-8-10-5-6-11(9-17)18-10/h1-4,10-11,14-15H,5-9,16H2. The highest BCUT2D eigenvalue weighted by atomic mass is 16.5. The third-order valence-corrected chi connectivity index (χ3v) is 4.74. The van der Waals surface area contributed by atoms with Gasteiger partial charge in [0.2, 0.25) is 0 Å². The monoisotopic (exact) mass is 244 g/mol. The SMILES string of the molecule is NC1CC(N2CC3CCC(C2)O3)c2ccccc21. The number of likely N-dealkylation sites (tertiary alicyclic amines) is 1. The summed E-state index contributed by atoms with van der Waals surface area (Å²) in [7, 11) is 0. The molecular weight excluding hydrogens is 224 g/mol. The van der Waals surface area contributed by atoms with Crippen LogP contribution in [0.1, 0.15) is 42.5 Å². The maximum Gasteiger partial charge on any atom is 0.0707 e. The van der Waals surface area contributed by atoms with Crippen LogP contribution < -0.4 is 5.73 Å². The molecule has 0 radical (unpaired) electrons. The molecule has 0 amide bonds. The first kappa shape index (κ1) is 11.0. The summed E-state index contributed by atoms with van der Waals surface area (Å²) >= 11 is 0. The van der Waals surface area contributed by atoms with Crippen molar-refractivity contribution in [2.24, 2.45) is 5.73 Å². The second-order valence-electron chi connectivity index (χ2n) is 5.90. The summed E-state index contributed by atoms with van der Waals surface area (Å²) in [5.74, 6) is 0. The first-order valence-electron chi connectivity index (χ1n) is 7.05. The third-order valence-electron chi connectivity index (χ3n) is 4.74. The van der Waals surface area contributed by atoms with E-state index in [1.54, 1.807) is 0 Å². The number of fused-ring (bicyclic) bond motifs is 3. The molecule has 0 saturated carbocycles. The van der Waals surface area contributed by atoms with E-state index < -0.39 is 0 Å². The molecule has 4 rings (SSSR count). The summed E-state index contributed by atoms with van der Waals surface area (Å²) in [6, 6.07) is 9.41. The van der Waals surface area contributed by atoms with Crippen LogP contribution in [-0.4, -0.2) is 30.2 Å². The highest BCUT2D eigenvalue weighted by molar-refractivity contribution is 5.37. The molecule has 2 saturated heterocycles. The average molecular weight is 244 g/mol. The van der Waals surface area contributed by atoms with Crippen molar-refractivity contribution in [1.29, 1.82) is 0 Å². The molecule has 3 heteroatoms. The smallest absolute Gasteiger partial charge is 0.0707 e. The lowest BCUT2D eigenvalue weighted by molar-refractivity contribution is -0.0536. The van der Waals surface area contributed by atoms with Crippen molar-refractivity contribution >= 4 is 0 Å². The van der Waals surface area contributed by atoms with E-state index in [1.807, 2.05) is 0 Å². The van der Waals surface area contributed by atoms with Crippen LogP contribution in [0.15, 0.2) is 24.3 Å². The first-order chi connectivity index (χ1) is 8.81. The predicted molar refractivity (Wildman–Crippen MR) is 70.2 cm³/mol. The molecule has 2 N–H and O–H groups in total. The number of rotatable bonds is 1. The summed E-state index contributed by atoms with van der Waals surface area (Å²) < 4.78 is 5.93. The molecule has 3 nitrogen and oxygen atoms in total. The predicted octanol–water partition coefficient (Wildman–Crippen LogP) is 1.99. The molecule has 3 aliphatic rings. The van der Waals surface area contributed by atoms with Crippen molar-refractivity contribution in [3.8, 4) is 0 Å². The van der Waals surface area contributed by atoms with Crippen LogP contribution in [0.2, 0.25) is 0 Å². The van der Waals surface area contributed by atoms with E-state index in [9.17, 15) is 0 Å². The van der Waals surface area contributed by atoms with E-state index in [-0.39, 0.29) is 6.04 Å². The largest absolute Gasteiger partial charge is 0.372 e. The van der Waals surface area contributed by atoms with Crippen LogP contribution in [0, 0.1) is 0 Å². The van der Waals surface area contributed by atoms with Crippen molar-refractivity contribution in [2.45, 2.75) is 43.6 Å². The fourth-order valence-electron chi connectivity index (χ4n) is 3.89. The van der Waals surface area contributed by atoms with Crippen LogP contribution in [0.3, 0.4) is 0 Å². The van der Waals surface area contributed by atoms with Gasteiger partial charge in [0.1, 0.15) is 0 Å². The van der Waals surface area contributed by atoms with Gasteiger partial charge < -0.3 is 10.5 Å². The number of ether oxygens (including phenoxy) is 1. The Morgan fingerprint density at radius 1 is 1.06 bits per heavy atom. The van der Waals surface area contributed by atoms with Crippen LogP contribution >= 0.6 is 0 Å². The van der Waals surface area contributed by atoms with Crippen molar-refractivity contribution in [1.82, 2.24) is 4.90 Å². The van der Waals surface area contributed by atoms with E-state index in [4.69, 9.17) is 10.5 Å². The zero-order valence-electron chi connectivity index (χ0n) is 10.6.